The van der Waals surface area contributed by atoms with Gasteiger partial charge in [-0.25, -0.2) is 5.43 Å². The molecule has 4 rings (SSSR count). The summed E-state index contributed by atoms with van der Waals surface area (Å²) in [6.45, 7) is 0.0436. The molecule has 0 aliphatic heterocycles. The fourth-order valence-electron chi connectivity index (χ4n) is 3.57. The highest BCUT2D eigenvalue weighted by Gasteiger charge is 2.12. The Kier molecular flexibility index (Phi) is 5.86. The van der Waals surface area contributed by atoms with Crippen molar-refractivity contribution in [3.05, 3.63) is 87.0 Å². The minimum Gasteiger partial charge on any atom is -0.377 e. The molecule has 0 unspecified atom stereocenters. The third-order valence-electron chi connectivity index (χ3n) is 5.04. The summed E-state index contributed by atoms with van der Waals surface area (Å²) in [4.78, 5) is 27.5. The molecule has 3 aromatic carbocycles. The van der Waals surface area contributed by atoms with Gasteiger partial charge in [0.25, 0.3) is 5.91 Å². The van der Waals surface area contributed by atoms with Crippen molar-refractivity contribution in [2.24, 2.45) is 5.10 Å². The van der Waals surface area contributed by atoms with Crippen LogP contribution in [0, 0.1) is 0 Å². The number of rotatable bonds is 5. The number of carbonyl (C=O) groups excluding carboxylic acids is 1. The predicted octanol–water partition coefficient (Wildman–Crippen LogP) is 4.13. The lowest BCUT2D eigenvalue weighted by atomic mass is 10.1. The smallest absolute Gasteiger partial charge is 0.260 e. The number of para-hydroxylation sites is 2. The van der Waals surface area contributed by atoms with Gasteiger partial charge >= 0.3 is 0 Å². The number of benzene rings is 3. The zero-order valence-electron chi connectivity index (χ0n) is 17.2. The van der Waals surface area contributed by atoms with E-state index in [1.807, 2.05) is 78.2 Å². The first-order valence-electron chi connectivity index (χ1n) is 9.75. The Morgan fingerprint density at radius 2 is 1.65 bits per heavy atom. The highest BCUT2D eigenvalue weighted by Crippen LogP contribution is 2.25. The topological polar surface area (TPSA) is 66.7 Å². The first-order valence-corrected chi connectivity index (χ1v) is 10.5. The normalized spacial score (nSPS) is 11.3. The van der Waals surface area contributed by atoms with Crippen LogP contribution in [0.5, 0.6) is 0 Å². The van der Waals surface area contributed by atoms with Crippen LogP contribution in [0.25, 0.3) is 21.8 Å². The van der Waals surface area contributed by atoms with Crippen LogP contribution in [-0.2, 0) is 11.3 Å². The molecule has 4 aromatic rings. The number of carbonyl (C=O) groups is 1. The predicted molar refractivity (Wildman–Crippen MR) is 130 cm³/mol. The Bertz CT molecular complexity index is 1320. The van der Waals surface area contributed by atoms with Crippen LogP contribution >= 0.6 is 15.9 Å². The van der Waals surface area contributed by atoms with E-state index >= 15 is 0 Å². The van der Waals surface area contributed by atoms with Gasteiger partial charge in [0.05, 0.1) is 22.9 Å². The highest BCUT2D eigenvalue weighted by molar-refractivity contribution is 9.10. The van der Waals surface area contributed by atoms with E-state index in [9.17, 15) is 9.59 Å². The molecule has 0 radical (unpaired) electrons. The minimum absolute atomic E-state index is 0.0346. The molecule has 0 fully saturated rings. The molecule has 0 spiro atoms. The van der Waals surface area contributed by atoms with Crippen molar-refractivity contribution in [2.45, 2.75) is 6.54 Å². The molecule has 0 atom stereocenters. The van der Waals surface area contributed by atoms with Crippen LogP contribution < -0.4 is 15.8 Å². The Morgan fingerprint density at radius 1 is 1.03 bits per heavy atom. The van der Waals surface area contributed by atoms with Crippen molar-refractivity contribution < 1.29 is 4.79 Å². The number of pyridine rings is 1. The van der Waals surface area contributed by atoms with E-state index in [0.29, 0.717) is 21.8 Å². The monoisotopic (exact) mass is 476 g/mol. The Hall–Kier alpha value is -3.45. The summed E-state index contributed by atoms with van der Waals surface area (Å²) in [7, 11) is 3.94. The van der Waals surface area contributed by atoms with Gasteiger partial charge in [-0.1, -0.05) is 30.3 Å². The second kappa shape index (κ2) is 8.73. The van der Waals surface area contributed by atoms with E-state index in [4.69, 9.17) is 0 Å². The molecular weight excluding hydrogens is 456 g/mol. The molecular formula is C24H21BrN4O2. The molecule has 1 aromatic heterocycles. The molecule has 0 saturated heterocycles. The molecule has 31 heavy (non-hydrogen) atoms. The standard InChI is InChI=1S/C24H21BrN4O2/c1-28(2)22-12-11-16(13-19(22)25)14-26-27-23(30)15-29-20-9-5-3-7-17(20)24(31)18-8-4-6-10-21(18)29/h3-14H,15H2,1-2H3,(H,27,30). The summed E-state index contributed by atoms with van der Waals surface area (Å²) >= 11 is 3.55. The van der Waals surface area contributed by atoms with Gasteiger partial charge in [-0.3, -0.25) is 9.59 Å². The lowest BCUT2D eigenvalue weighted by Gasteiger charge is -2.14. The number of amides is 1. The lowest BCUT2D eigenvalue weighted by Crippen LogP contribution is -2.25. The van der Waals surface area contributed by atoms with Crippen molar-refractivity contribution in [3.63, 3.8) is 0 Å². The van der Waals surface area contributed by atoms with Crippen molar-refractivity contribution in [2.75, 3.05) is 19.0 Å². The molecule has 1 N–H and O–H groups in total. The third-order valence-corrected chi connectivity index (χ3v) is 5.67. The fraction of sp³-hybridized carbons (Fsp3) is 0.125. The van der Waals surface area contributed by atoms with Gasteiger partial charge in [0, 0.05) is 29.3 Å². The molecule has 1 amide bonds. The average Bonchev–Trinajstić information content (AvgIpc) is 2.76. The van der Waals surface area contributed by atoms with Gasteiger partial charge in [-0.05, 0) is 57.9 Å². The SMILES string of the molecule is CN(C)c1ccc(C=NNC(=O)Cn2c3ccccc3c(=O)c3ccccc32)cc1Br. The van der Waals surface area contributed by atoms with Gasteiger partial charge in [0.1, 0.15) is 6.54 Å². The highest BCUT2D eigenvalue weighted by atomic mass is 79.9. The van der Waals surface area contributed by atoms with Crippen LogP contribution in [0.2, 0.25) is 0 Å². The zero-order valence-corrected chi connectivity index (χ0v) is 18.8. The number of hydrazone groups is 1. The van der Waals surface area contributed by atoms with Crippen molar-refractivity contribution in [3.8, 4) is 0 Å². The van der Waals surface area contributed by atoms with Crippen molar-refractivity contribution in [1.82, 2.24) is 9.99 Å². The fourth-order valence-corrected chi connectivity index (χ4v) is 4.32. The van der Waals surface area contributed by atoms with Gasteiger partial charge in [0.15, 0.2) is 5.43 Å². The Morgan fingerprint density at radius 3 is 2.23 bits per heavy atom. The van der Waals surface area contributed by atoms with Crippen LogP contribution in [0.15, 0.2) is 81.1 Å². The van der Waals surface area contributed by atoms with Gasteiger partial charge in [-0.2, -0.15) is 5.10 Å². The van der Waals surface area contributed by atoms with Gasteiger partial charge in [-0.15, -0.1) is 0 Å². The summed E-state index contributed by atoms with van der Waals surface area (Å²) in [5.41, 5.74) is 5.90. The summed E-state index contributed by atoms with van der Waals surface area (Å²) in [6, 6.07) is 20.5. The number of nitrogens with one attached hydrogen (secondary N) is 1. The maximum absolute atomic E-state index is 12.8. The number of fused-ring (bicyclic) bond motifs is 2. The van der Waals surface area contributed by atoms with E-state index in [1.165, 1.54) is 0 Å². The number of aromatic nitrogens is 1. The number of hydrogen-bond acceptors (Lipinski definition) is 4. The second-order valence-electron chi connectivity index (χ2n) is 7.35. The lowest BCUT2D eigenvalue weighted by molar-refractivity contribution is -0.121. The van der Waals surface area contributed by atoms with E-state index in [2.05, 4.69) is 26.5 Å². The van der Waals surface area contributed by atoms with E-state index < -0.39 is 0 Å². The van der Waals surface area contributed by atoms with E-state index in [-0.39, 0.29) is 17.9 Å². The summed E-state index contributed by atoms with van der Waals surface area (Å²) in [5.74, 6) is -0.279. The Balaban J connectivity index is 1.59. The van der Waals surface area contributed by atoms with Crippen LogP contribution in [0.3, 0.4) is 0 Å². The molecule has 7 heteroatoms. The van der Waals surface area contributed by atoms with Crippen LogP contribution in [0.1, 0.15) is 5.56 Å². The van der Waals surface area contributed by atoms with E-state index in [1.54, 1.807) is 18.3 Å². The first kappa shape index (κ1) is 20.8. The maximum atomic E-state index is 12.8. The second-order valence-corrected chi connectivity index (χ2v) is 8.20. The van der Waals surface area contributed by atoms with Crippen LogP contribution in [0.4, 0.5) is 5.69 Å². The molecule has 0 bridgehead atoms. The number of hydrogen-bond donors (Lipinski definition) is 1. The molecule has 1 heterocycles. The maximum Gasteiger partial charge on any atom is 0.260 e. The summed E-state index contributed by atoms with van der Waals surface area (Å²) < 4.78 is 2.79. The van der Waals surface area contributed by atoms with Gasteiger partial charge in [0.2, 0.25) is 0 Å². The Labute approximate surface area is 187 Å². The number of anilines is 1. The zero-order chi connectivity index (χ0) is 22.0. The van der Waals surface area contributed by atoms with E-state index in [0.717, 1.165) is 15.7 Å². The first-order chi connectivity index (χ1) is 15.0. The largest absolute Gasteiger partial charge is 0.377 e. The van der Waals surface area contributed by atoms with Crippen LogP contribution in [-0.4, -0.2) is 30.8 Å². The van der Waals surface area contributed by atoms with Crippen molar-refractivity contribution in [1.29, 1.82) is 0 Å². The van der Waals surface area contributed by atoms with Crippen molar-refractivity contribution >= 4 is 55.5 Å². The number of nitrogens with zero attached hydrogens (tertiary/aromatic N) is 3. The average molecular weight is 477 g/mol. The molecule has 156 valence electrons. The third kappa shape index (κ3) is 4.22. The minimum atomic E-state index is -0.279. The van der Waals surface area contributed by atoms with Gasteiger partial charge < -0.3 is 9.47 Å². The summed E-state index contributed by atoms with van der Waals surface area (Å²) in [6.07, 6.45) is 1.60. The quantitative estimate of drug-likeness (QED) is 0.267. The molecule has 0 aliphatic carbocycles. The molecule has 0 aliphatic rings. The molecule has 6 nitrogen and oxygen atoms in total. The summed E-state index contributed by atoms with van der Waals surface area (Å²) in [5, 5.41) is 5.27. The number of halogens is 1. The molecule has 0 saturated carbocycles.